The van der Waals surface area contributed by atoms with Gasteiger partial charge in [-0.3, -0.25) is 4.79 Å². The Labute approximate surface area is 156 Å². The zero-order chi connectivity index (χ0) is 18.4. The van der Waals surface area contributed by atoms with Gasteiger partial charge in [0, 0.05) is 17.3 Å². The highest BCUT2D eigenvalue weighted by molar-refractivity contribution is 7.99. The lowest BCUT2D eigenvalue weighted by Gasteiger charge is -2.12. The number of amides is 1. The second-order valence-corrected chi connectivity index (χ2v) is 7.16. The number of hydrogen-bond donors (Lipinski definition) is 2. The first-order valence-corrected chi connectivity index (χ1v) is 9.48. The largest absolute Gasteiger partial charge is 0.511 e. The number of rotatable bonds is 8. The molecule has 1 atom stereocenters. The van der Waals surface area contributed by atoms with E-state index < -0.39 is 0 Å². The molecule has 8 heteroatoms. The van der Waals surface area contributed by atoms with E-state index in [9.17, 15) is 9.90 Å². The minimum Gasteiger partial charge on any atom is -0.511 e. The summed E-state index contributed by atoms with van der Waals surface area (Å²) in [6.45, 7) is 4.70. The van der Waals surface area contributed by atoms with E-state index in [1.165, 1.54) is 4.68 Å². The maximum absolute atomic E-state index is 12.6. The van der Waals surface area contributed by atoms with Crippen LogP contribution in [0.5, 0.6) is 0 Å². The summed E-state index contributed by atoms with van der Waals surface area (Å²) in [7, 11) is 0. The minimum absolute atomic E-state index is 0.00248. The Kier molecular flexibility index (Phi) is 6.30. The quantitative estimate of drug-likeness (QED) is 0.545. The third-order valence-electron chi connectivity index (χ3n) is 3.94. The summed E-state index contributed by atoms with van der Waals surface area (Å²) < 4.78 is 7.11. The second kappa shape index (κ2) is 8.86. The number of aromatic nitrogens is 3. The molecule has 26 heavy (non-hydrogen) atoms. The van der Waals surface area contributed by atoms with Gasteiger partial charge < -0.3 is 15.2 Å². The van der Waals surface area contributed by atoms with Gasteiger partial charge in [0.2, 0.25) is 0 Å². The van der Waals surface area contributed by atoms with Gasteiger partial charge in [0.1, 0.15) is 11.5 Å². The highest BCUT2D eigenvalue weighted by Gasteiger charge is 2.18. The fourth-order valence-corrected chi connectivity index (χ4v) is 3.81. The van der Waals surface area contributed by atoms with Crippen molar-refractivity contribution in [2.75, 3.05) is 12.4 Å². The number of carbonyl (C=O) groups excluding carboxylic acids is 1. The number of nitrogens with one attached hydrogen (secondary N) is 1. The van der Waals surface area contributed by atoms with Crippen LogP contribution in [0, 0.1) is 0 Å². The maximum atomic E-state index is 12.6. The third-order valence-corrected chi connectivity index (χ3v) is 5.15. The van der Waals surface area contributed by atoms with Gasteiger partial charge in [-0.2, -0.15) is 0 Å². The number of aliphatic hydroxyl groups is 1. The van der Waals surface area contributed by atoms with Gasteiger partial charge in [0.15, 0.2) is 0 Å². The van der Waals surface area contributed by atoms with E-state index in [4.69, 9.17) is 4.74 Å². The molecule has 1 aliphatic heterocycles. The molecule has 0 radical (unpaired) electrons. The van der Waals surface area contributed by atoms with Crippen molar-refractivity contribution < 1.29 is 14.6 Å². The first-order chi connectivity index (χ1) is 12.6. The van der Waals surface area contributed by atoms with Gasteiger partial charge in [-0.25, -0.2) is 4.68 Å². The SMILES string of the molecule is C=C(O)Cn1cc(CNC(=O)c2ccccc2SCC2CCCO2)nn1. The first-order valence-electron chi connectivity index (χ1n) is 8.49. The van der Waals surface area contributed by atoms with Crippen LogP contribution in [0.1, 0.15) is 28.9 Å². The van der Waals surface area contributed by atoms with E-state index in [0.717, 1.165) is 30.1 Å². The molecule has 1 aromatic carbocycles. The van der Waals surface area contributed by atoms with Gasteiger partial charge in [-0.1, -0.05) is 23.9 Å². The van der Waals surface area contributed by atoms with Gasteiger partial charge >= 0.3 is 0 Å². The zero-order valence-corrected chi connectivity index (χ0v) is 15.2. The molecular formula is C18H22N4O3S. The predicted octanol–water partition coefficient (Wildman–Crippen LogP) is 2.55. The number of hydrogen-bond acceptors (Lipinski definition) is 6. The monoisotopic (exact) mass is 374 g/mol. The summed E-state index contributed by atoms with van der Waals surface area (Å²) in [5.41, 5.74) is 1.26. The van der Waals surface area contributed by atoms with Crippen molar-refractivity contribution in [3.8, 4) is 0 Å². The lowest BCUT2D eigenvalue weighted by molar-refractivity contribution is 0.0947. The average Bonchev–Trinajstić information content (AvgIpc) is 3.29. The van der Waals surface area contributed by atoms with E-state index >= 15 is 0 Å². The van der Waals surface area contributed by atoms with Gasteiger partial charge in [-0.15, -0.1) is 16.9 Å². The van der Waals surface area contributed by atoms with Crippen molar-refractivity contribution in [1.82, 2.24) is 20.3 Å². The summed E-state index contributed by atoms with van der Waals surface area (Å²) in [5, 5.41) is 19.9. The third kappa shape index (κ3) is 5.09. The Morgan fingerprint density at radius 3 is 3.08 bits per heavy atom. The van der Waals surface area contributed by atoms with Crippen LogP contribution in [0.25, 0.3) is 0 Å². The van der Waals surface area contributed by atoms with Gasteiger partial charge in [-0.05, 0) is 25.0 Å². The molecule has 0 saturated carbocycles. The van der Waals surface area contributed by atoms with Crippen LogP contribution in [0.15, 0.2) is 47.7 Å². The molecule has 1 aliphatic rings. The van der Waals surface area contributed by atoms with Crippen LogP contribution in [0.3, 0.4) is 0 Å². The van der Waals surface area contributed by atoms with Crippen molar-refractivity contribution in [3.05, 3.63) is 54.1 Å². The Balaban J connectivity index is 1.57. The molecule has 1 amide bonds. The summed E-state index contributed by atoms with van der Waals surface area (Å²) in [4.78, 5) is 13.5. The lowest BCUT2D eigenvalue weighted by atomic mass is 10.2. The number of benzene rings is 1. The highest BCUT2D eigenvalue weighted by atomic mass is 32.2. The normalized spacial score (nSPS) is 16.5. The van der Waals surface area contributed by atoms with Gasteiger partial charge in [0.05, 0.1) is 31.0 Å². The summed E-state index contributed by atoms with van der Waals surface area (Å²) >= 11 is 1.65. The predicted molar refractivity (Wildman–Crippen MR) is 99.1 cm³/mol. The summed E-state index contributed by atoms with van der Waals surface area (Å²) in [5.74, 6) is 0.702. The number of thioether (sulfide) groups is 1. The molecule has 2 aromatic rings. The van der Waals surface area contributed by atoms with E-state index in [1.54, 1.807) is 18.0 Å². The van der Waals surface area contributed by atoms with E-state index in [2.05, 4.69) is 22.2 Å². The maximum Gasteiger partial charge on any atom is 0.252 e. The standard InChI is InChI=1S/C18H22N4O3S/c1-13(23)10-22-11-14(20-21-22)9-19-18(24)16-6-2-3-7-17(16)26-12-15-5-4-8-25-15/h2-3,6-7,11,15,23H,1,4-5,8-10,12H2,(H,19,24). The average molecular weight is 374 g/mol. The van der Waals surface area contributed by atoms with E-state index in [-0.39, 0.29) is 30.9 Å². The van der Waals surface area contributed by atoms with E-state index in [0.29, 0.717) is 11.3 Å². The van der Waals surface area contributed by atoms with Crippen LogP contribution >= 0.6 is 11.8 Å². The molecule has 1 saturated heterocycles. The molecule has 3 rings (SSSR count). The number of aliphatic hydroxyl groups excluding tert-OH is 1. The number of ether oxygens (including phenoxy) is 1. The van der Waals surface area contributed by atoms with Crippen molar-refractivity contribution in [3.63, 3.8) is 0 Å². The molecule has 0 spiro atoms. The Morgan fingerprint density at radius 2 is 2.31 bits per heavy atom. The van der Waals surface area contributed by atoms with Crippen LogP contribution < -0.4 is 5.32 Å². The van der Waals surface area contributed by atoms with Gasteiger partial charge in [0.25, 0.3) is 5.91 Å². The Hall–Kier alpha value is -2.32. The van der Waals surface area contributed by atoms with Crippen LogP contribution in [0.2, 0.25) is 0 Å². The smallest absolute Gasteiger partial charge is 0.252 e. The fourth-order valence-electron chi connectivity index (χ4n) is 2.69. The topological polar surface area (TPSA) is 89.3 Å². The van der Waals surface area contributed by atoms with Crippen molar-refractivity contribution >= 4 is 17.7 Å². The Bertz CT molecular complexity index is 771. The van der Waals surface area contributed by atoms with Crippen molar-refractivity contribution in [2.24, 2.45) is 0 Å². The molecule has 138 valence electrons. The molecule has 0 aliphatic carbocycles. The molecule has 7 nitrogen and oxygen atoms in total. The number of nitrogens with zero attached hydrogens (tertiary/aromatic N) is 3. The fraction of sp³-hybridized carbons (Fsp3) is 0.389. The molecule has 1 aromatic heterocycles. The number of allylic oxidation sites excluding steroid dienone is 1. The van der Waals surface area contributed by atoms with E-state index in [1.807, 2.05) is 24.3 Å². The molecular weight excluding hydrogens is 352 g/mol. The van der Waals surface area contributed by atoms with Crippen molar-refractivity contribution in [2.45, 2.75) is 36.9 Å². The summed E-state index contributed by atoms with van der Waals surface area (Å²) in [6, 6.07) is 7.56. The van der Waals surface area contributed by atoms with Crippen LogP contribution in [-0.4, -0.2) is 44.5 Å². The number of carbonyl (C=O) groups is 1. The van der Waals surface area contributed by atoms with Crippen LogP contribution in [-0.2, 0) is 17.8 Å². The second-order valence-electron chi connectivity index (χ2n) is 6.10. The highest BCUT2D eigenvalue weighted by Crippen LogP contribution is 2.26. The molecule has 2 N–H and O–H groups in total. The lowest BCUT2D eigenvalue weighted by Crippen LogP contribution is -2.23. The zero-order valence-electron chi connectivity index (χ0n) is 14.4. The first kappa shape index (κ1) is 18.5. The molecule has 0 bridgehead atoms. The van der Waals surface area contributed by atoms with Crippen LogP contribution in [0.4, 0.5) is 0 Å². The molecule has 1 unspecified atom stereocenters. The Morgan fingerprint density at radius 1 is 1.46 bits per heavy atom. The minimum atomic E-state index is -0.151. The molecule has 1 fully saturated rings. The summed E-state index contributed by atoms with van der Waals surface area (Å²) in [6.07, 6.45) is 4.13. The van der Waals surface area contributed by atoms with Crippen molar-refractivity contribution in [1.29, 1.82) is 0 Å². The molecule has 2 heterocycles.